The lowest BCUT2D eigenvalue weighted by molar-refractivity contribution is 0.614. The van der Waals surface area contributed by atoms with Gasteiger partial charge in [-0.15, -0.1) is 0 Å². The molecule has 0 saturated heterocycles. The molecule has 1 aromatic heterocycles. The van der Waals surface area contributed by atoms with Gasteiger partial charge in [0.15, 0.2) is 0 Å². The van der Waals surface area contributed by atoms with Crippen LogP contribution in [-0.4, -0.2) is 9.78 Å². The molecule has 0 unspecified atom stereocenters. The fourth-order valence-corrected chi connectivity index (χ4v) is 1.60. The molecule has 0 radical (unpaired) electrons. The summed E-state index contributed by atoms with van der Waals surface area (Å²) in [6, 6.07) is 7.82. The molecule has 0 aliphatic rings. The third kappa shape index (κ3) is 2.21. The predicted molar refractivity (Wildman–Crippen MR) is 59.9 cm³/mol. The van der Waals surface area contributed by atoms with E-state index in [2.05, 4.69) is 5.10 Å². The van der Waals surface area contributed by atoms with Crippen molar-refractivity contribution in [3.63, 3.8) is 0 Å². The number of nitrogens with zero attached hydrogens (tertiary/aromatic N) is 1. The van der Waals surface area contributed by atoms with Crippen LogP contribution in [0.3, 0.4) is 0 Å². The highest BCUT2D eigenvalue weighted by atomic mass is 19.1. The quantitative estimate of drug-likeness (QED) is 0.843. The number of halogens is 1. The van der Waals surface area contributed by atoms with E-state index in [1.807, 2.05) is 6.92 Å². The second-order valence-electron chi connectivity index (χ2n) is 3.69. The van der Waals surface area contributed by atoms with Crippen molar-refractivity contribution in [3.05, 3.63) is 57.8 Å². The second-order valence-corrected chi connectivity index (χ2v) is 3.69. The molecule has 1 N–H and O–H groups in total. The maximum atomic E-state index is 12.9. The molecule has 16 heavy (non-hydrogen) atoms. The summed E-state index contributed by atoms with van der Waals surface area (Å²) in [7, 11) is 0. The SMILES string of the molecule is CCc1cc(=O)n(Cc2cccc(F)c2)[nH]1. The van der Waals surface area contributed by atoms with E-state index in [1.165, 1.54) is 16.8 Å². The van der Waals surface area contributed by atoms with Crippen molar-refractivity contribution in [2.45, 2.75) is 19.9 Å². The average Bonchev–Trinajstić information content (AvgIpc) is 2.60. The van der Waals surface area contributed by atoms with E-state index in [0.717, 1.165) is 17.7 Å². The summed E-state index contributed by atoms with van der Waals surface area (Å²) in [5.74, 6) is -0.284. The summed E-state index contributed by atoms with van der Waals surface area (Å²) < 4.78 is 14.4. The van der Waals surface area contributed by atoms with E-state index in [0.29, 0.717) is 6.54 Å². The van der Waals surface area contributed by atoms with Gasteiger partial charge in [-0.25, -0.2) is 9.07 Å². The van der Waals surface area contributed by atoms with Crippen LogP contribution in [0.5, 0.6) is 0 Å². The van der Waals surface area contributed by atoms with Crippen LogP contribution in [0, 0.1) is 5.82 Å². The van der Waals surface area contributed by atoms with Gasteiger partial charge in [0.05, 0.1) is 6.54 Å². The van der Waals surface area contributed by atoms with Crippen LogP contribution in [0.25, 0.3) is 0 Å². The fourth-order valence-electron chi connectivity index (χ4n) is 1.60. The Morgan fingerprint density at radius 3 is 2.81 bits per heavy atom. The molecular weight excluding hydrogens is 207 g/mol. The normalized spacial score (nSPS) is 10.6. The molecule has 1 aromatic carbocycles. The van der Waals surface area contributed by atoms with E-state index in [1.54, 1.807) is 18.2 Å². The maximum Gasteiger partial charge on any atom is 0.267 e. The molecular formula is C12H13FN2O. The summed E-state index contributed by atoms with van der Waals surface area (Å²) >= 11 is 0. The molecule has 2 rings (SSSR count). The topological polar surface area (TPSA) is 37.8 Å². The Labute approximate surface area is 92.5 Å². The van der Waals surface area contributed by atoms with Crippen LogP contribution in [0.15, 0.2) is 35.1 Å². The highest BCUT2D eigenvalue weighted by Gasteiger charge is 2.02. The van der Waals surface area contributed by atoms with Gasteiger partial charge in [0.25, 0.3) is 5.56 Å². The van der Waals surface area contributed by atoms with Gasteiger partial charge >= 0.3 is 0 Å². The number of nitrogens with one attached hydrogen (secondary N) is 1. The number of aromatic amines is 1. The summed E-state index contributed by atoms with van der Waals surface area (Å²) in [5.41, 5.74) is 1.58. The molecule has 0 saturated carbocycles. The smallest absolute Gasteiger partial charge is 0.267 e. The molecule has 4 heteroatoms. The molecule has 2 aromatic rings. The number of H-pyrrole nitrogens is 1. The first-order chi connectivity index (χ1) is 7.69. The number of hydrogen-bond acceptors (Lipinski definition) is 1. The number of hydrogen-bond donors (Lipinski definition) is 1. The van der Waals surface area contributed by atoms with Gasteiger partial charge in [-0.05, 0) is 24.1 Å². The molecule has 0 spiro atoms. The highest BCUT2D eigenvalue weighted by Crippen LogP contribution is 2.04. The minimum absolute atomic E-state index is 0.0823. The zero-order valence-corrected chi connectivity index (χ0v) is 9.03. The Morgan fingerprint density at radius 2 is 2.19 bits per heavy atom. The van der Waals surface area contributed by atoms with Crippen LogP contribution in [0.1, 0.15) is 18.2 Å². The van der Waals surface area contributed by atoms with Gasteiger partial charge in [-0.2, -0.15) is 0 Å². The van der Waals surface area contributed by atoms with Crippen molar-refractivity contribution in [2.75, 3.05) is 0 Å². The summed E-state index contributed by atoms with van der Waals surface area (Å²) in [4.78, 5) is 11.5. The van der Waals surface area contributed by atoms with Crippen molar-refractivity contribution in [1.82, 2.24) is 9.78 Å². The second kappa shape index (κ2) is 4.35. The molecule has 0 bridgehead atoms. The molecule has 0 fully saturated rings. The number of aromatic nitrogens is 2. The first-order valence-corrected chi connectivity index (χ1v) is 5.22. The Hall–Kier alpha value is -1.84. The molecule has 3 nitrogen and oxygen atoms in total. The van der Waals surface area contributed by atoms with Crippen molar-refractivity contribution in [2.24, 2.45) is 0 Å². The Bertz CT molecular complexity index is 542. The largest absolute Gasteiger partial charge is 0.299 e. The van der Waals surface area contributed by atoms with Crippen LogP contribution in [-0.2, 0) is 13.0 Å². The molecule has 84 valence electrons. The number of rotatable bonds is 3. The molecule has 0 amide bonds. The minimum atomic E-state index is -0.284. The minimum Gasteiger partial charge on any atom is -0.299 e. The van der Waals surface area contributed by atoms with E-state index in [9.17, 15) is 9.18 Å². The zero-order chi connectivity index (χ0) is 11.5. The van der Waals surface area contributed by atoms with Crippen molar-refractivity contribution in [1.29, 1.82) is 0 Å². The summed E-state index contributed by atoms with van der Waals surface area (Å²) in [6.07, 6.45) is 0.783. The average molecular weight is 220 g/mol. The maximum absolute atomic E-state index is 12.9. The van der Waals surface area contributed by atoms with E-state index >= 15 is 0 Å². The summed E-state index contributed by atoms with van der Waals surface area (Å²) in [6.45, 7) is 2.34. The van der Waals surface area contributed by atoms with E-state index in [4.69, 9.17) is 0 Å². The van der Waals surface area contributed by atoms with Crippen molar-refractivity contribution < 1.29 is 4.39 Å². The molecule has 0 aliphatic carbocycles. The van der Waals surface area contributed by atoms with Gasteiger partial charge in [0.2, 0.25) is 0 Å². The predicted octanol–water partition coefficient (Wildman–Crippen LogP) is 1.93. The van der Waals surface area contributed by atoms with Crippen LogP contribution >= 0.6 is 0 Å². The van der Waals surface area contributed by atoms with Crippen LogP contribution in [0.4, 0.5) is 4.39 Å². The van der Waals surface area contributed by atoms with Crippen LogP contribution < -0.4 is 5.56 Å². The van der Waals surface area contributed by atoms with E-state index in [-0.39, 0.29) is 11.4 Å². The molecule has 0 aliphatic heterocycles. The Morgan fingerprint density at radius 1 is 1.38 bits per heavy atom. The number of aryl methyl sites for hydroxylation is 1. The molecule has 0 atom stereocenters. The standard InChI is InChI=1S/C12H13FN2O/c1-2-11-7-12(16)15(14-11)8-9-4-3-5-10(13)6-9/h3-7,14H,2,8H2,1H3. The van der Waals surface area contributed by atoms with E-state index < -0.39 is 0 Å². The monoisotopic (exact) mass is 220 g/mol. The van der Waals surface area contributed by atoms with Gasteiger partial charge in [-0.1, -0.05) is 19.1 Å². The first kappa shape index (κ1) is 10.7. The fraction of sp³-hybridized carbons (Fsp3) is 0.250. The highest BCUT2D eigenvalue weighted by molar-refractivity contribution is 5.16. The lowest BCUT2D eigenvalue weighted by atomic mass is 10.2. The van der Waals surface area contributed by atoms with Gasteiger partial charge in [0.1, 0.15) is 5.82 Å². The lowest BCUT2D eigenvalue weighted by Gasteiger charge is -2.02. The van der Waals surface area contributed by atoms with Crippen molar-refractivity contribution in [3.8, 4) is 0 Å². The van der Waals surface area contributed by atoms with Gasteiger partial charge in [0, 0.05) is 11.8 Å². The summed E-state index contributed by atoms with van der Waals surface area (Å²) in [5, 5.41) is 2.98. The molecule has 1 heterocycles. The Balaban J connectivity index is 2.26. The van der Waals surface area contributed by atoms with Gasteiger partial charge < -0.3 is 0 Å². The first-order valence-electron chi connectivity index (χ1n) is 5.22. The Kier molecular flexibility index (Phi) is 2.90. The number of benzene rings is 1. The third-order valence-electron chi connectivity index (χ3n) is 2.45. The zero-order valence-electron chi connectivity index (χ0n) is 9.03. The lowest BCUT2D eigenvalue weighted by Crippen LogP contribution is -2.16. The van der Waals surface area contributed by atoms with Crippen molar-refractivity contribution >= 4 is 0 Å². The van der Waals surface area contributed by atoms with Gasteiger partial charge in [-0.3, -0.25) is 9.89 Å². The van der Waals surface area contributed by atoms with Crippen LogP contribution in [0.2, 0.25) is 0 Å². The third-order valence-corrected chi connectivity index (χ3v) is 2.45.